The van der Waals surface area contributed by atoms with E-state index in [1.54, 1.807) is 5.32 Å². The third-order valence-corrected chi connectivity index (χ3v) is 3.16. The topological polar surface area (TPSA) is 61.4 Å². The van der Waals surface area contributed by atoms with Gasteiger partial charge < -0.3 is 15.1 Å². The maximum absolute atomic E-state index is 12.1. The summed E-state index contributed by atoms with van der Waals surface area (Å²) in [4.78, 5) is 23.6. The molecule has 0 aliphatic carbocycles. The van der Waals surface area contributed by atoms with Gasteiger partial charge in [0.1, 0.15) is 24.4 Å². The normalized spacial score (nSPS) is 16.9. The van der Waals surface area contributed by atoms with Crippen molar-refractivity contribution >= 4 is 11.7 Å². The molecular formula is C12H16F3N5O. The second-order valence-electron chi connectivity index (χ2n) is 4.85. The Labute approximate surface area is 120 Å². The molecule has 1 aliphatic rings. The van der Waals surface area contributed by atoms with Crippen molar-refractivity contribution in [1.29, 1.82) is 0 Å². The van der Waals surface area contributed by atoms with E-state index in [0.29, 0.717) is 5.82 Å². The van der Waals surface area contributed by atoms with Crippen LogP contribution in [0.3, 0.4) is 0 Å². The minimum absolute atomic E-state index is 0.0665. The van der Waals surface area contributed by atoms with Gasteiger partial charge in [0.25, 0.3) is 5.91 Å². The highest BCUT2D eigenvalue weighted by Crippen LogP contribution is 2.15. The number of carbonyl (C=O) groups is 1. The molecule has 2 rings (SSSR count). The van der Waals surface area contributed by atoms with Crippen molar-refractivity contribution < 1.29 is 18.0 Å². The SMILES string of the molecule is CN1CCN(c2cc(C(=O)NCC(F)(F)F)ncn2)CC1. The maximum atomic E-state index is 12.1. The first-order chi connectivity index (χ1) is 9.85. The predicted octanol–water partition coefficient (Wildman–Crippen LogP) is 0.520. The van der Waals surface area contributed by atoms with Gasteiger partial charge in [0.05, 0.1) is 0 Å². The molecule has 2 heterocycles. The predicted molar refractivity (Wildman–Crippen MR) is 70.1 cm³/mol. The second-order valence-corrected chi connectivity index (χ2v) is 4.85. The summed E-state index contributed by atoms with van der Waals surface area (Å²) in [5.74, 6) is -0.305. The summed E-state index contributed by atoms with van der Waals surface area (Å²) in [6.07, 6.45) is -3.25. The van der Waals surface area contributed by atoms with Crippen LogP contribution in [-0.2, 0) is 0 Å². The molecule has 0 spiro atoms. The molecule has 9 heteroatoms. The molecule has 21 heavy (non-hydrogen) atoms. The Hall–Kier alpha value is -1.90. The van der Waals surface area contributed by atoms with E-state index in [1.807, 2.05) is 11.9 Å². The first-order valence-electron chi connectivity index (χ1n) is 6.45. The number of alkyl halides is 3. The van der Waals surface area contributed by atoms with E-state index in [1.165, 1.54) is 12.4 Å². The fourth-order valence-corrected chi connectivity index (χ4v) is 1.95. The molecule has 0 unspecified atom stereocenters. The molecule has 0 aromatic carbocycles. The van der Waals surface area contributed by atoms with Gasteiger partial charge in [-0.2, -0.15) is 13.2 Å². The average Bonchev–Trinajstić information content (AvgIpc) is 2.45. The fraction of sp³-hybridized carbons (Fsp3) is 0.583. The highest BCUT2D eigenvalue weighted by molar-refractivity contribution is 5.92. The van der Waals surface area contributed by atoms with Crippen LogP contribution in [0.2, 0.25) is 0 Å². The molecule has 6 nitrogen and oxygen atoms in total. The molecule has 1 aromatic heterocycles. The van der Waals surface area contributed by atoms with E-state index in [9.17, 15) is 18.0 Å². The molecule has 1 saturated heterocycles. The quantitative estimate of drug-likeness (QED) is 0.882. The number of nitrogens with zero attached hydrogens (tertiary/aromatic N) is 4. The molecule has 0 saturated carbocycles. The van der Waals surface area contributed by atoms with Crippen LogP contribution >= 0.6 is 0 Å². The monoisotopic (exact) mass is 303 g/mol. The zero-order chi connectivity index (χ0) is 15.5. The number of hydrogen-bond acceptors (Lipinski definition) is 5. The highest BCUT2D eigenvalue weighted by Gasteiger charge is 2.28. The molecule has 1 amide bonds. The van der Waals surface area contributed by atoms with Gasteiger partial charge in [0.2, 0.25) is 0 Å². The van der Waals surface area contributed by atoms with E-state index in [0.717, 1.165) is 26.2 Å². The van der Waals surface area contributed by atoms with Crippen LogP contribution in [0, 0.1) is 0 Å². The summed E-state index contributed by atoms with van der Waals surface area (Å²) in [5, 5.41) is 1.80. The van der Waals surface area contributed by atoms with Crippen molar-refractivity contribution in [2.24, 2.45) is 0 Å². The number of piperazine rings is 1. The van der Waals surface area contributed by atoms with Crippen molar-refractivity contribution in [2.45, 2.75) is 6.18 Å². The molecule has 1 aliphatic heterocycles. The fourth-order valence-electron chi connectivity index (χ4n) is 1.95. The molecule has 0 atom stereocenters. The van der Waals surface area contributed by atoms with Gasteiger partial charge in [-0.3, -0.25) is 4.79 Å². The summed E-state index contributed by atoms with van der Waals surface area (Å²) in [5.41, 5.74) is -0.0665. The number of halogens is 3. The zero-order valence-electron chi connectivity index (χ0n) is 11.5. The Kier molecular flexibility index (Phi) is 4.61. The standard InChI is InChI=1S/C12H16F3N5O/c1-19-2-4-20(5-3-19)10-6-9(17-8-18-10)11(21)16-7-12(13,14)15/h6,8H,2-5,7H2,1H3,(H,16,21). The Balaban J connectivity index is 2.02. The Bertz CT molecular complexity index is 500. The lowest BCUT2D eigenvalue weighted by Gasteiger charge is -2.33. The zero-order valence-corrected chi connectivity index (χ0v) is 11.5. The van der Waals surface area contributed by atoms with Crippen molar-refractivity contribution in [3.05, 3.63) is 18.1 Å². The number of carbonyl (C=O) groups excluding carboxylic acids is 1. The van der Waals surface area contributed by atoms with Crippen LogP contribution in [0.15, 0.2) is 12.4 Å². The third kappa shape index (κ3) is 4.55. The van der Waals surface area contributed by atoms with Gasteiger partial charge in [0.15, 0.2) is 0 Å². The number of amides is 1. The van der Waals surface area contributed by atoms with Crippen LogP contribution in [-0.4, -0.2) is 66.7 Å². The molecular weight excluding hydrogens is 287 g/mol. The minimum Gasteiger partial charge on any atom is -0.354 e. The first-order valence-corrected chi connectivity index (χ1v) is 6.45. The van der Waals surface area contributed by atoms with Crippen molar-refractivity contribution in [3.63, 3.8) is 0 Å². The lowest BCUT2D eigenvalue weighted by atomic mass is 10.3. The first kappa shape index (κ1) is 15.5. The van der Waals surface area contributed by atoms with Crippen molar-refractivity contribution in [1.82, 2.24) is 20.2 Å². The molecule has 0 bridgehead atoms. The average molecular weight is 303 g/mol. The van der Waals surface area contributed by atoms with E-state index < -0.39 is 18.6 Å². The smallest absolute Gasteiger partial charge is 0.354 e. The van der Waals surface area contributed by atoms with Gasteiger partial charge in [0, 0.05) is 32.2 Å². The summed E-state index contributed by atoms with van der Waals surface area (Å²) in [6.45, 7) is 1.84. The Morgan fingerprint density at radius 2 is 1.95 bits per heavy atom. The Morgan fingerprint density at radius 1 is 1.29 bits per heavy atom. The number of rotatable bonds is 3. The van der Waals surface area contributed by atoms with Gasteiger partial charge in [-0.15, -0.1) is 0 Å². The number of likely N-dealkylation sites (N-methyl/N-ethyl adjacent to an activating group) is 1. The summed E-state index contributed by atoms with van der Waals surface area (Å²) in [6, 6.07) is 1.41. The van der Waals surface area contributed by atoms with Crippen molar-refractivity contribution in [3.8, 4) is 0 Å². The molecule has 1 aromatic rings. The molecule has 1 fully saturated rings. The van der Waals surface area contributed by atoms with Crippen LogP contribution < -0.4 is 10.2 Å². The third-order valence-electron chi connectivity index (χ3n) is 3.16. The van der Waals surface area contributed by atoms with Gasteiger partial charge in [-0.1, -0.05) is 0 Å². The number of nitrogens with one attached hydrogen (secondary N) is 1. The molecule has 1 N–H and O–H groups in total. The van der Waals surface area contributed by atoms with Gasteiger partial charge >= 0.3 is 6.18 Å². The van der Waals surface area contributed by atoms with Crippen molar-refractivity contribution in [2.75, 3.05) is 44.7 Å². The highest BCUT2D eigenvalue weighted by atomic mass is 19.4. The molecule has 116 valence electrons. The molecule has 0 radical (unpaired) electrons. The summed E-state index contributed by atoms with van der Waals surface area (Å²) >= 11 is 0. The largest absolute Gasteiger partial charge is 0.405 e. The van der Waals surface area contributed by atoms with E-state index in [4.69, 9.17) is 0 Å². The van der Waals surface area contributed by atoms with Crippen LogP contribution in [0.25, 0.3) is 0 Å². The summed E-state index contributed by atoms with van der Waals surface area (Å²) < 4.78 is 36.2. The summed E-state index contributed by atoms with van der Waals surface area (Å²) in [7, 11) is 2.01. The van der Waals surface area contributed by atoms with Crippen LogP contribution in [0.1, 0.15) is 10.5 Å². The number of aromatic nitrogens is 2. The van der Waals surface area contributed by atoms with Crippen LogP contribution in [0.5, 0.6) is 0 Å². The van der Waals surface area contributed by atoms with Gasteiger partial charge in [-0.05, 0) is 7.05 Å². The second kappa shape index (κ2) is 6.25. The minimum atomic E-state index is -4.44. The van der Waals surface area contributed by atoms with Gasteiger partial charge in [-0.25, -0.2) is 9.97 Å². The van der Waals surface area contributed by atoms with E-state index in [-0.39, 0.29) is 5.69 Å². The number of hydrogen-bond donors (Lipinski definition) is 1. The number of anilines is 1. The maximum Gasteiger partial charge on any atom is 0.405 e. The van der Waals surface area contributed by atoms with Crippen LogP contribution in [0.4, 0.5) is 19.0 Å². The Morgan fingerprint density at radius 3 is 2.57 bits per heavy atom. The lowest BCUT2D eigenvalue weighted by molar-refractivity contribution is -0.123. The lowest BCUT2D eigenvalue weighted by Crippen LogP contribution is -2.45. The van der Waals surface area contributed by atoms with E-state index in [2.05, 4.69) is 14.9 Å². The van der Waals surface area contributed by atoms with E-state index >= 15 is 0 Å².